The first-order valence-electron chi connectivity index (χ1n) is 7.81. The van der Waals surface area contributed by atoms with E-state index in [-0.39, 0.29) is 24.0 Å². The molecule has 22 heavy (non-hydrogen) atoms. The fraction of sp³-hybridized carbons (Fsp3) is 0.688. The summed E-state index contributed by atoms with van der Waals surface area (Å²) in [6, 6.07) is 1.59. The second-order valence-corrected chi connectivity index (χ2v) is 6.48. The number of rotatable bonds is 5. The number of carbonyl (C=O) groups is 1. The summed E-state index contributed by atoms with van der Waals surface area (Å²) in [5.74, 6) is 1.75. The molecule has 1 fully saturated rings. The second-order valence-electron chi connectivity index (χ2n) is 6.48. The third kappa shape index (κ3) is 3.38. The minimum atomic E-state index is -0.375. The van der Waals surface area contributed by atoms with E-state index in [1.165, 1.54) is 0 Å². The minimum Gasteiger partial charge on any atom is -0.380 e. The van der Waals surface area contributed by atoms with Crippen molar-refractivity contribution >= 4 is 11.7 Å². The quantitative estimate of drug-likeness (QED) is 0.897. The van der Waals surface area contributed by atoms with E-state index < -0.39 is 0 Å². The van der Waals surface area contributed by atoms with Crippen molar-refractivity contribution in [3.8, 4) is 0 Å². The van der Waals surface area contributed by atoms with Crippen LogP contribution in [0.1, 0.15) is 57.5 Å². The zero-order valence-corrected chi connectivity index (χ0v) is 14.0. The second kappa shape index (κ2) is 6.60. The van der Waals surface area contributed by atoms with Gasteiger partial charge in [-0.15, -0.1) is 0 Å². The Morgan fingerprint density at radius 2 is 2.00 bits per heavy atom. The number of primary amides is 1. The first-order valence-corrected chi connectivity index (χ1v) is 7.81. The summed E-state index contributed by atoms with van der Waals surface area (Å²) in [4.78, 5) is 23.0. The number of methoxy groups -OCH3 is 1. The normalized spacial score (nSPS) is 21.9. The topological polar surface area (TPSA) is 81.3 Å². The minimum absolute atomic E-state index is 0.00235. The molecule has 2 atom stereocenters. The monoisotopic (exact) mass is 306 g/mol. The first-order chi connectivity index (χ1) is 10.3. The van der Waals surface area contributed by atoms with Crippen LogP contribution in [0.4, 0.5) is 5.82 Å². The Labute approximate surface area is 132 Å². The fourth-order valence-corrected chi connectivity index (χ4v) is 2.66. The molecule has 1 aliphatic rings. The predicted octanol–water partition coefficient (Wildman–Crippen LogP) is 1.80. The van der Waals surface area contributed by atoms with Gasteiger partial charge < -0.3 is 15.4 Å². The molecule has 0 aliphatic carbocycles. The molecule has 1 aliphatic heterocycles. The summed E-state index contributed by atoms with van der Waals surface area (Å²) >= 11 is 0. The van der Waals surface area contributed by atoms with Gasteiger partial charge in [-0.3, -0.25) is 4.79 Å². The van der Waals surface area contributed by atoms with Crippen LogP contribution in [-0.4, -0.2) is 41.7 Å². The number of amides is 1. The molecule has 2 heterocycles. The van der Waals surface area contributed by atoms with Gasteiger partial charge in [0.1, 0.15) is 17.7 Å². The highest BCUT2D eigenvalue weighted by molar-refractivity contribution is 5.84. The highest BCUT2D eigenvalue weighted by Gasteiger charge is 2.37. The van der Waals surface area contributed by atoms with E-state index in [1.807, 2.05) is 11.0 Å². The van der Waals surface area contributed by atoms with Crippen molar-refractivity contribution in [2.75, 3.05) is 18.6 Å². The number of hydrogen-bond acceptors (Lipinski definition) is 5. The van der Waals surface area contributed by atoms with Gasteiger partial charge in [0, 0.05) is 37.8 Å². The summed E-state index contributed by atoms with van der Waals surface area (Å²) in [5.41, 5.74) is 6.54. The van der Waals surface area contributed by atoms with E-state index in [0.717, 1.165) is 17.3 Å². The molecule has 122 valence electrons. The highest BCUT2D eigenvalue weighted by atomic mass is 16.5. The Bertz CT molecular complexity index is 519. The Balaban J connectivity index is 2.43. The largest absolute Gasteiger partial charge is 0.380 e. The summed E-state index contributed by atoms with van der Waals surface area (Å²) in [5, 5.41) is 0. The smallest absolute Gasteiger partial charge is 0.240 e. The van der Waals surface area contributed by atoms with Crippen LogP contribution < -0.4 is 10.6 Å². The maximum atomic E-state index is 11.8. The lowest BCUT2D eigenvalue weighted by Gasteiger charge is -2.24. The van der Waals surface area contributed by atoms with Gasteiger partial charge in [0.2, 0.25) is 5.91 Å². The molecule has 6 nitrogen and oxygen atoms in total. The van der Waals surface area contributed by atoms with E-state index in [0.29, 0.717) is 18.9 Å². The molecule has 0 spiro atoms. The molecule has 2 N–H and O–H groups in total. The third-order valence-corrected chi connectivity index (χ3v) is 4.08. The first kappa shape index (κ1) is 16.7. The van der Waals surface area contributed by atoms with Crippen molar-refractivity contribution in [2.24, 2.45) is 5.73 Å². The predicted molar refractivity (Wildman–Crippen MR) is 86.0 cm³/mol. The standard InChI is InChI=1S/C16H26N4O2/c1-9(2)12-7-14(19-16(18-12)10(3)4)20-8-11(22-5)6-13(20)15(17)21/h7,9-11,13H,6,8H2,1-5H3,(H2,17,21)/t11-,13-/m0/s1. The molecule has 0 aromatic carbocycles. The average molecular weight is 306 g/mol. The van der Waals surface area contributed by atoms with Crippen molar-refractivity contribution in [1.29, 1.82) is 0 Å². The maximum absolute atomic E-state index is 11.8. The zero-order valence-electron chi connectivity index (χ0n) is 14.0. The molecule has 1 saturated heterocycles. The third-order valence-electron chi connectivity index (χ3n) is 4.08. The van der Waals surface area contributed by atoms with Crippen LogP contribution >= 0.6 is 0 Å². The van der Waals surface area contributed by atoms with Crippen molar-refractivity contribution in [2.45, 2.75) is 58.1 Å². The van der Waals surface area contributed by atoms with Crippen LogP contribution in [-0.2, 0) is 9.53 Å². The number of anilines is 1. The summed E-state index contributed by atoms with van der Waals surface area (Å²) < 4.78 is 5.41. The van der Waals surface area contributed by atoms with Gasteiger partial charge in [-0.25, -0.2) is 9.97 Å². The average Bonchev–Trinajstić information content (AvgIpc) is 2.91. The molecule has 0 unspecified atom stereocenters. The molecule has 0 radical (unpaired) electrons. The van der Waals surface area contributed by atoms with Crippen molar-refractivity contribution < 1.29 is 9.53 Å². The van der Waals surface area contributed by atoms with Crippen molar-refractivity contribution in [3.05, 3.63) is 17.6 Å². The Morgan fingerprint density at radius 3 is 2.50 bits per heavy atom. The van der Waals surface area contributed by atoms with Gasteiger partial charge in [0.15, 0.2) is 0 Å². The fourth-order valence-electron chi connectivity index (χ4n) is 2.66. The summed E-state index contributed by atoms with van der Waals surface area (Å²) in [6.07, 6.45) is 0.599. The van der Waals surface area contributed by atoms with Gasteiger partial charge in [-0.1, -0.05) is 27.7 Å². The van der Waals surface area contributed by atoms with Crippen molar-refractivity contribution in [3.63, 3.8) is 0 Å². The number of carbonyl (C=O) groups excluding carboxylic acids is 1. The van der Waals surface area contributed by atoms with Crippen molar-refractivity contribution in [1.82, 2.24) is 9.97 Å². The van der Waals surface area contributed by atoms with Crippen LogP contribution in [0.2, 0.25) is 0 Å². The van der Waals surface area contributed by atoms with Crippen LogP contribution in [0.25, 0.3) is 0 Å². The Kier molecular flexibility index (Phi) is 5.01. The van der Waals surface area contributed by atoms with Gasteiger partial charge >= 0.3 is 0 Å². The van der Waals surface area contributed by atoms with Crippen LogP contribution in [0.5, 0.6) is 0 Å². The number of ether oxygens (including phenoxy) is 1. The molecule has 1 aromatic heterocycles. The number of nitrogens with two attached hydrogens (primary N) is 1. The van der Waals surface area contributed by atoms with E-state index in [1.54, 1.807) is 7.11 Å². The summed E-state index contributed by atoms with van der Waals surface area (Å²) in [6.45, 7) is 8.96. The summed E-state index contributed by atoms with van der Waals surface area (Å²) in [7, 11) is 1.66. The lowest BCUT2D eigenvalue weighted by Crippen LogP contribution is -2.41. The van der Waals surface area contributed by atoms with Crippen LogP contribution in [0.15, 0.2) is 6.07 Å². The van der Waals surface area contributed by atoms with Crippen LogP contribution in [0, 0.1) is 0 Å². The molecule has 6 heteroatoms. The van der Waals surface area contributed by atoms with E-state index in [4.69, 9.17) is 10.5 Å². The van der Waals surface area contributed by atoms with Gasteiger partial charge in [0.25, 0.3) is 0 Å². The Morgan fingerprint density at radius 1 is 1.32 bits per heavy atom. The molecule has 0 bridgehead atoms. The maximum Gasteiger partial charge on any atom is 0.240 e. The molecular weight excluding hydrogens is 280 g/mol. The highest BCUT2D eigenvalue weighted by Crippen LogP contribution is 2.28. The lowest BCUT2D eigenvalue weighted by molar-refractivity contribution is -0.119. The van der Waals surface area contributed by atoms with E-state index in [9.17, 15) is 4.79 Å². The lowest BCUT2D eigenvalue weighted by atomic mass is 10.1. The molecular formula is C16H26N4O2. The SMILES string of the molecule is CO[C@H]1C[C@@H](C(N)=O)N(c2cc(C(C)C)nc(C(C)C)n2)C1. The van der Waals surface area contributed by atoms with Gasteiger partial charge in [-0.2, -0.15) is 0 Å². The number of nitrogens with zero attached hydrogens (tertiary/aromatic N) is 3. The van der Waals surface area contributed by atoms with E-state index >= 15 is 0 Å². The molecule has 1 aromatic rings. The van der Waals surface area contributed by atoms with Gasteiger partial charge in [0.05, 0.1) is 6.10 Å². The van der Waals surface area contributed by atoms with Gasteiger partial charge in [-0.05, 0) is 5.92 Å². The zero-order chi connectivity index (χ0) is 16.4. The van der Waals surface area contributed by atoms with Crippen LogP contribution in [0.3, 0.4) is 0 Å². The molecule has 0 saturated carbocycles. The number of hydrogen-bond donors (Lipinski definition) is 1. The Hall–Kier alpha value is -1.69. The molecule has 2 rings (SSSR count). The number of aromatic nitrogens is 2. The molecule has 1 amide bonds. The van der Waals surface area contributed by atoms with E-state index in [2.05, 4.69) is 37.7 Å².